The molecular weight excluding hydrogens is 260 g/mol. The molecule has 2 heterocycles. The maximum atomic E-state index is 12.2. The third kappa shape index (κ3) is 2.38. The Morgan fingerprint density at radius 2 is 2.35 bits per heavy atom. The Balaban J connectivity index is 1.67. The molecular formula is C14H18N2O4. The topological polar surface area (TPSA) is 71.0 Å². The number of hydrogen-bond acceptors (Lipinski definition) is 4. The van der Waals surface area contributed by atoms with Gasteiger partial charge in [-0.05, 0) is 25.5 Å². The molecule has 0 aliphatic carbocycles. The number of amides is 2. The molecule has 0 saturated carbocycles. The molecule has 0 spiro atoms. The largest absolute Gasteiger partial charge is 0.454 e. The van der Waals surface area contributed by atoms with Gasteiger partial charge in [-0.1, -0.05) is 6.07 Å². The average molecular weight is 278 g/mol. The molecule has 2 unspecified atom stereocenters. The number of hydrogen-bond donors (Lipinski definition) is 2. The minimum atomic E-state index is -0.384. The Bertz CT molecular complexity index is 518. The SMILES string of the molecule is CC(O)C1CCN(C(=O)Nc2cccc3c2OCO3)C1. The normalized spacial score (nSPS) is 21.9. The number of benzene rings is 1. The van der Waals surface area contributed by atoms with E-state index < -0.39 is 0 Å². The molecule has 1 fully saturated rings. The predicted molar refractivity (Wildman–Crippen MR) is 72.9 cm³/mol. The van der Waals surface area contributed by atoms with Crippen LogP contribution in [0.2, 0.25) is 0 Å². The number of urea groups is 1. The van der Waals surface area contributed by atoms with Crippen LogP contribution in [0.25, 0.3) is 0 Å². The zero-order valence-electron chi connectivity index (χ0n) is 11.3. The van der Waals surface area contributed by atoms with Gasteiger partial charge in [-0.2, -0.15) is 0 Å². The molecule has 108 valence electrons. The summed E-state index contributed by atoms with van der Waals surface area (Å²) in [6, 6.07) is 5.23. The molecule has 0 radical (unpaired) electrons. The van der Waals surface area contributed by atoms with Crippen molar-refractivity contribution >= 4 is 11.7 Å². The van der Waals surface area contributed by atoms with Crippen molar-refractivity contribution in [1.29, 1.82) is 0 Å². The first-order valence-corrected chi connectivity index (χ1v) is 6.78. The van der Waals surface area contributed by atoms with E-state index in [2.05, 4.69) is 5.32 Å². The van der Waals surface area contributed by atoms with Gasteiger partial charge in [0.05, 0.1) is 11.8 Å². The molecule has 6 nitrogen and oxygen atoms in total. The molecule has 2 atom stereocenters. The van der Waals surface area contributed by atoms with Gasteiger partial charge in [0.25, 0.3) is 0 Å². The smallest absolute Gasteiger partial charge is 0.321 e. The number of ether oxygens (including phenoxy) is 2. The summed E-state index contributed by atoms with van der Waals surface area (Å²) < 4.78 is 10.6. The summed E-state index contributed by atoms with van der Waals surface area (Å²) in [4.78, 5) is 13.9. The van der Waals surface area contributed by atoms with Gasteiger partial charge in [-0.15, -0.1) is 0 Å². The van der Waals surface area contributed by atoms with Gasteiger partial charge in [0.2, 0.25) is 6.79 Å². The first kappa shape index (κ1) is 13.1. The second-order valence-corrected chi connectivity index (χ2v) is 5.20. The highest BCUT2D eigenvalue weighted by atomic mass is 16.7. The lowest BCUT2D eigenvalue weighted by Crippen LogP contribution is -2.34. The Morgan fingerprint density at radius 1 is 1.50 bits per heavy atom. The second-order valence-electron chi connectivity index (χ2n) is 5.20. The summed E-state index contributed by atoms with van der Waals surface area (Å²) in [6.45, 7) is 3.18. The van der Waals surface area contributed by atoms with E-state index in [1.165, 1.54) is 0 Å². The summed E-state index contributed by atoms with van der Waals surface area (Å²) in [5.74, 6) is 1.38. The van der Waals surface area contributed by atoms with E-state index >= 15 is 0 Å². The first-order chi connectivity index (χ1) is 9.65. The van der Waals surface area contributed by atoms with Crippen molar-refractivity contribution in [3.8, 4) is 11.5 Å². The molecule has 1 saturated heterocycles. The van der Waals surface area contributed by atoms with Crippen LogP contribution < -0.4 is 14.8 Å². The molecule has 6 heteroatoms. The minimum absolute atomic E-state index is 0.154. The van der Waals surface area contributed by atoms with E-state index in [-0.39, 0.29) is 24.8 Å². The first-order valence-electron chi connectivity index (χ1n) is 6.78. The zero-order valence-corrected chi connectivity index (χ0v) is 11.3. The fraction of sp³-hybridized carbons (Fsp3) is 0.500. The van der Waals surface area contributed by atoms with Gasteiger partial charge in [0.1, 0.15) is 0 Å². The van der Waals surface area contributed by atoms with Gasteiger partial charge in [0.15, 0.2) is 11.5 Å². The van der Waals surface area contributed by atoms with Gasteiger partial charge in [0, 0.05) is 19.0 Å². The van der Waals surface area contributed by atoms with Crippen molar-refractivity contribution in [2.75, 3.05) is 25.2 Å². The standard InChI is InChI=1S/C14H18N2O4/c1-9(17)10-5-6-16(7-10)14(18)15-11-3-2-4-12-13(11)20-8-19-12/h2-4,9-10,17H,5-8H2,1H3,(H,15,18). The van der Waals surface area contributed by atoms with Crippen LogP contribution in [-0.4, -0.2) is 42.0 Å². The van der Waals surface area contributed by atoms with Crippen LogP contribution in [0, 0.1) is 5.92 Å². The third-order valence-corrected chi connectivity index (χ3v) is 3.83. The van der Waals surface area contributed by atoms with Crippen molar-refractivity contribution < 1.29 is 19.4 Å². The third-order valence-electron chi connectivity index (χ3n) is 3.83. The van der Waals surface area contributed by atoms with E-state index in [4.69, 9.17) is 9.47 Å². The molecule has 1 aromatic carbocycles. The van der Waals surface area contributed by atoms with Crippen molar-refractivity contribution in [2.24, 2.45) is 5.92 Å². The van der Waals surface area contributed by atoms with Crippen molar-refractivity contribution in [1.82, 2.24) is 4.90 Å². The fourth-order valence-electron chi connectivity index (χ4n) is 2.59. The van der Waals surface area contributed by atoms with Crippen LogP contribution >= 0.6 is 0 Å². The quantitative estimate of drug-likeness (QED) is 0.863. The van der Waals surface area contributed by atoms with Gasteiger partial charge in [-0.25, -0.2) is 4.79 Å². The van der Waals surface area contributed by atoms with Crippen molar-refractivity contribution in [2.45, 2.75) is 19.4 Å². The minimum Gasteiger partial charge on any atom is -0.454 e. The lowest BCUT2D eigenvalue weighted by Gasteiger charge is -2.18. The molecule has 0 bridgehead atoms. The maximum Gasteiger partial charge on any atom is 0.321 e. The van der Waals surface area contributed by atoms with E-state index in [0.29, 0.717) is 30.3 Å². The number of aliphatic hydroxyl groups is 1. The van der Waals surface area contributed by atoms with Crippen LogP contribution in [0.4, 0.5) is 10.5 Å². The van der Waals surface area contributed by atoms with Crippen molar-refractivity contribution in [3.05, 3.63) is 18.2 Å². The van der Waals surface area contributed by atoms with Gasteiger partial charge in [-0.3, -0.25) is 0 Å². The van der Waals surface area contributed by atoms with E-state index in [1.807, 2.05) is 6.07 Å². The number of likely N-dealkylation sites (tertiary alicyclic amines) is 1. The summed E-state index contributed by atoms with van der Waals surface area (Å²) in [5, 5.41) is 12.4. The highest BCUT2D eigenvalue weighted by Gasteiger charge is 2.30. The van der Waals surface area contributed by atoms with E-state index in [9.17, 15) is 9.90 Å². The van der Waals surface area contributed by atoms with Gasteiger partial charge >= 0.3 is 6.03 Å². The van der Waals surface area contributed by atoms with Crippen LogP contribution in [-0.2, 0) is 0 Å². The number of rotatable bonds is 2. The fourth-order valence-corrected chi connectivity index (χ4v) is 2.59. The second kappa shape index (κ2) is 5.20. The maximum absolute atomic E-state index is 12.2. The van der Waals surface area contributed by atoms with Crippen LogP contribution in [0.15, 0.2) is 18.2 Å². The molecule has 2 N–H and O–H groups in total. The number of nitrogens with one attached hydrogen (secondary N) is 1. The van der Waals surface area contributed by atoms with E-state index in [1.54, 1.807) is 24.0 Å². The molecule has 20 heavy (non-hydrogen) atoms. The zero-order chi connectivity index (χ0) is 14.1. The summed E-state index contributed by atoms with van der Waals surface area (Å²) in [6.07, 6.45) is 0.447. The number of fused-ring (bicyclic) bond motifs is 1. The highest BCUT2D eigenvalue weighted by molar-refractivity contribution is 5.92. The lowest BCUT2D eigenvalue weighted by molar-refractivity contribution is 0.130. The van der Waals surface area contributed by atoms with Crippen LogP contribution in [0.3, 0.4) is 0 Å². The molecule has 2 aliphatic heterocycles. The number of carbonyl (C=O) groups is 1. The number of aliphatic hydroxyl groups excluding tert-OH is 1. The number of carbonyl (C=O) groups excluding carboxylic acids is 1. The highest BCUT2D eigenvalue weighted by Crippen LogP contribution is 2.39. The summed E-state index contributed by atoms with van der Waals surface area (Å²) in [7, 11) is 0. The van der Waals surface area contributed by atoms with Crippen molar-refractivity contribution in [3.63, 3.8) is 0 Å². The number of nitrogens with zero attached hydrogens (tertiary/aromatic N) is 1. The molecule has 2 amide bonds. The van der Waals surface area contributed by atoms with Crippen LogP contribution in [0.1, 0.15) is 13.3 Å². The summed E-state index contributed by atoms with van der Waals surface area (Å²) in [5.41, 5.74) is 0.616. The van der Waals surface area contributed by atoms with Crippen LogP contribution in [0.5, 0.6) is 11.5 Å². The molecule has 3 rings (SSSR count). The monoisotopic (exact) mass is 278 g/mol. The predicted octanol–water partition coefficient (Wildman–Crippen LogP) is 1.65. The van der Waals surface area contributed by atoms with E-state index in [0.717, 1.165) is 6.42 Å². The number of para-hydroxylation sites is 1. The number of anilines is 1. The lowest BCUT2D eigenvalue weighted by atomic mass is 10.0. The Hall–Kier alpha value is -1.95. The summed E-state index contributed by atoms with van der Waals surface area (Å²) >= 11 is 0. The Labute approximate surface area is 117 Å². The molecule has 0 aromatic heterocycles. The molecule has 2 aliphatic rings. The molecule has 1 aromatic rings. The average Bonchev–Trinajstić information content (AvgIpc) is 3.08. The Morgan fingerprint density at radius 3 is 3.10 bits per heavy atom. The Kier molecular flexibility index (Phi) is 3.40. The van der Waals surface area contributed by atoms with Gasteiger partial charge < -0.3 is 24.8 Å².